The van der Waals surface area contributed by atoms with Gasteiger partial charge in [-0.3, -0.25) is 9.59 Å². The van der Waals surface area contributed by atoms with Gasteiger partial charge in [0.25, 0.3) is 5.79 Å². The summed E-state index contributed by atoms with van der Waals surface area (Å²) in [4.78, 5) is 27.6. The molecule has 2 aliphatic carbocycles. The number of halogens is 2. The van der Waals surface area contributed by atoms with Crippen LogP contribution in [-0.2, 0) is 9.47 Å². The molecule has 1 aromatic rings. The van der Waals surface area contributed by atoms with Crippen LogP contribution in [0.25, 0.3) is 0 Å². The monoisotopic (exact) mass is 524 g/mol. The van der Waals surface area contributed by atoms with Crippen molar-refractivity contribution < 1.29 is 29.3 Å². The van der Waals surface area contributed by atoms with Crippen LogP contribution in [0.2, 0.25) is 0 Å². The van der Waals surface area contributed by atoms with Crippen LogP contribution in [0.1, 0.15) is 61.3 Å². The van der Waals surface area contributed by atoms with Crippen molar-refractivity contribution in [3.8, 4) is 11.5 Å². The SMILES string of the molecule is C=C1CC[C@H](Br)C(C)(C)[C@@H]1O[C@@]12OC(C)(C)[C@H](Cl)C=C1C(=O)c1c(O)cc(O)cc1C2=O. The van der Waals surface area contributed by atoms with Crippen molar-refractivity contribution in [3.05, 3.63) is 47.1 Å². The molecule has 8 heteroatoms. The Kier molecular flexibility index (Phi) is 5.45. The van der Waals surface area contributed by atoms with Crippen molar-refractivity contribution in [1.29, 1.82) is 0 Å². The van der Waals surface area contributed by atoms with E-state index in [9.17, 15) is 19.8 Å². The maximum atomic E-state index is 13.9. The quantitative estimate of drug-likeness (QED) is 0.415. The summed E-state index contributed by atoms with van der Waals surface area (Å²) in [7, 11) is 0. The highest BCUT2D eigenvalue weighted by Crippen LogP contribution is 2.52. The molecule has 3 aliphatic rings. The number of phenolic OH excluding ortho intramolecular Hbond substituents is 2. The molecule has 6 nitrogen and oxygen atoms in total. The highest BCUT2D eigenvalue weighted by Gasteiger charge is 2.62. The van der Waals surface area contributed by atoms with Gasteiger partial charge in [0.15, 0.2) is 5.78 Å². The van der Waals surface area contributed by atoms with Crippen molar-refractivity contribution in [2.24, 2.45) is 5.41 Å². The summed E-state index contributed by atoms with van der Waals surface area (Å²) in [5.74, 6) is -4.24. The van der Waals surface area contributed by atoms with Gasteiger partial charge < -0.3 is 19.7 Å². The molecule has 0 radical (unpaired) electrons. The maximum Gasteiger partial charge on any atom is 0.266 e. The number of ether oxygens (including phenoxy) is 2. The van der Waals surface area contributed by atoms with Crippen LogP contribution in [0.4, 0.5) is 0 Å². The van der Waals surface area contributed by atoms with E-state index in [-0.39, 0.29) is 27.3 Å². The van der Waals surface area contributed by atoms with Gasteiger partial charge in [-0.05, 0) is 38.3 Å². The third-order valence-electron chi connectivity index (χ3n) is 6.71. The average molecular weight is 526 g/mol. The summed E-state index contributed by atoms with van der Waals surface area (Å²) >= 11 is 10.2. The van der Waals surface area contributed by atoms with Crippen molar-refractivity contribution >= 4 is 39.1 Å². The Morgan fingerprint density at radius 1 is 1.22 bits per heavy atom. The van der Waals surface area contributed by atoms with Crippen molar-refractivity contribution in [1.82, 2.24) is 0 Å². The lowest BCUT2D eigenvalue weighted by atomic mass is 9.71. The third-order valence-corrected chi connectivity index (χ3v) is 9.00. The number of benzene rings is 1. The number of rotatable bonds is 2. The number of carbonyl (C=O) groups is 2. The fourth-order valence-corrected chi connectivity index (χ4v) is 5.36. The second-order valence-corrected chi connectivity index (χ2v) is 11.4. The molecule has 1 fully saturated rings. The molecule has 2 N–H and O–H groups in total. The predicted octanol–water partition coefficient (Wildman–Crippen LogP) is 5.04. The second-order valence-electron chi connectivity index (χ2n) is 9.83. The summed E-state index contributed by atoms with van der Waals surface area (Å²) < 4.78 is 12.8. The molecule has 0 saturated heterocycles. The lowest BCUT2D eigenvalue weighted by Gasteiger charge is -2.52. The largest absolute Gasteiger partial charge is 0.508 e. The molecular formula is C24H26BrClO6. The van der Waals surface area contributed by atoms with Gasteiger partial charge in [-0.25, -0.2) is 0 Å². The first-order valence-electron chi connectivity index (χ1n) is 10.4. The Labute approximate surface area is 200 Å². The van der Waals surface area contributed by atoms with Crippen LogP contribution >= 0.6 is 27.5 Å². The molecule has 1 aromatic carbocycles. The lowest BCUT2D eigenvalue weighted by Crippen LogP contribution is -2.63. The average Bonchev–Trinajstić information content (AvgIpc) is 2.68. The van der Waals surface area contributed by atoms with Gasteiger partial charge in [0.05, 0.1) is 28.2 Å². The molecule has 32 heavy (non-hydrogen) atoms. The van der Waals surface area contributed by atoms with Gasteiger partial charge in [0, 0.05) is 21.9 Å². The molecule has 1 heterocycles. The Balaban J connectivity index is 1.95. The van der Waals surface area contributed by atoms with E-state index in [0.717, 1.165) is 24.1 Å². The number of alkyl halides is 2. The first kappa shape index (κ1) is 23.5. The number of aromatic hydroxyl groups is 2. The number of phenols is 2. The molecule has 1 aliphatic heterocycles. The van der Waals surface area contributed by atoms with Crippen LogP contribution in [0.3, 0.4) is 0 Å². The maximum absolute atomic E-state index is 13.9. The van der Waals surface area contributed by atoms with Gasteiger partial charge in [-0.15, -0.1) is 11.6 Å². The molecule has 0 aromatic heterocycles. The minimum Gasteiger partial charge on any atom is -0.508 e. The molecule has 4 atom stereocenters. The zero-order valence-electron chi connectivity index (χ0n) is 18.4. The minimum absolute atomic E-state index is 0.0735. The third kappa shape index (κ3) is 3.28. The highest BCUT2D eigenvalue weighted by atomic mass is 79.9. The van der Waals surface area contributed by atoms with Gasteiger partial charge in [0.1, 0.15) is 11.5 Å². The van der Waals surface area contributed by atoms with E-state index in [1.165, 1.54) is 6.08 Å². The smallest absolute Gasteiger partial charge is 0.266 e. The Morgan fingerprint density at radius 3 is 2.53 bits per heavy atom. The minimum atomic E-state index is -2.09. The predicted molar refractivity (Wildman–Crippen MR) is 124 cm³/mol. The van der Waals surface area contributed by atoms with Crippen molar-refractivity contribution in [3.63, 3.8) is 0 Å². The number of Topliss-reactive ketones (excluding diaryl/α,β-unsaturated/α-hetero) is 2. The van der Waals surface area contributed by atoms with Crippen LogP contribution in [0.5, 0.6) is 11.5 Å². The first-order valence-corrected chi connectivity index (χ1v) is 11.8. The fourth-order valence-electron chi connectivity index (χ4n) is 4.72. The Hall–Kier alpha value is -1.67. The molecule has 172 valence electrons. The van der Waals surface area contributed by atoms with Crippen LogP contribution < -0.4 is 0 Å². The zero-order chi connectivity index (χ0) is 23.8. The van der Waals surface area contributed by atoms with E-state index in [0.29, 0.717) is 6.42 Å². The Morgan fingerprint density at radius 2 is 1.88 bits per heavy atom. The van der Waals surface area contributed by atoms with Crippen LogP contribution in [0.15, 0.2) is 35.9 Å². The second kappa shape index (κ2) is 7.42. The zero-order valence-corrected chi connectivity index (χ0v) is 20.7. The van der Waals surface area contributed by atoms with Crippen molar-refractivity contribution in [2.45, 2.75) is 68.2 Å². The number of fused-ring (bicyclic) bond motifs is 2. The molecule has 0 bridgehead atoms. The number of ketones is 2. The topological polar surface area (TPSA) is 93.1 Å². The molecule has 4 rings (SSSR count). The van der Waals surface area contributed by atoms with E-state index < -0.39 is 45.6 Å². The van der Waals surface area contributed by atoms with Crippen molar-refractivity contribution in [2.75, 3.05) is 0 Å². The van der Waals surface area contributed by atoms with Gasteiger partial charge in [0.2, 0.25) is 5.78 Å². The van der Waals surface area contributed by atoms with E-state index in [4.69, 9.17) is 21.1 Å². The first-order chi connectivity index (χ1) is 14.7. The molecule has 1 saturated carbocycles. The lowest BCUT2D eigenvalue weighted by molar-refractivity contribution is -0.259. The summed E-state index contributed by atoms with van der Waals surface area (Å²) in [6, 6.07) is 2.17. The number of hydrogen-bond donors (Lipinski definition) is 2. The number of hydrogen-bond acceptors (Lipinski definition) is 6. The molecular weight excluding hydrogens is 500 g/mol. The summed E-state index contributed by atoms with van der Waals surface area (Å²) in [5.41, 5.74) is -1.17. The van der Waals surface area contributed by atoms with E-state index >= 15 is 0 Å². The van der Waals surface area contributed by atoms with E-state index in [2.05, 4.69) is 22.5 Å². The molecule has 0 spiro atoms. The summed E-state index contributed by atoms with van der Waals surface area (Å²) in [6.07, 6.45) is 2.40. The highest BCUT2D eigenvalue weighted by molar-refractivity contribution is 9.09. The molecule has 0 unspecified atom stereocenters. The van der Waals surface area contributed by atoms with Crippen LogP contribution in [0, 0.1) is 5.41 Å². The Bertz CT molecular complexity index is 1070. The van der Waals surface area contributed by atoms with Gasteiger partial charge in [-0.2, -0.15) is 0 Å². The van der Waals surface area contributed by atoms with Crippen LogP contribution in [-0.4, -0.2) is 49.5 Å². The van der Waals surface area contributed by atoms with E-state index in [1.807, 2.05) is 13.8 Å². The fraction of sp³-hybridized carbons (Fsp3) is 0.500. The summed E-state index contributed by atoms with van der Waals surface area (Å²) in [5, 5.41) is 19.6. The van der Waals surface area contributed by atoms with Gasteiger partial charge >= 0.3 is 0 Å². The van der Waals surface area contributed by atoms with Gasteiger partial charge in [-0.1, -0.05) is 42.4 Å². The molecule has 0 amide bonds. The normalized spacial score (nSPS) is 33.4. The number of carbonyl (C=O) groups excluding carboxylic acids is 2. The van der Waals surface area contributed by atoms with E-state index in [1.54, 1.807) is 13.8 Å². The standard InChI is InChI=1S/C24H26BrClO6/c1-11-6-7-16(25)22(2,3)21(11)31-24-14(10-17(26)23(4,5)32-24)19(29)18-13(20(24)30)8-12(27)9-15(18)28/h8-10,16-17,21,27-28H,1,6-7H2,2-5H3/t16-,17+,21+,24+/m0/s1. The summed E-state index contributed by atoms with van der Waals surface area (Å²) in [6.45, 7) is 11.6.